The van der Waals surface area contributed by atoms with Crippen LogP contribution in [0, 0.1) is 0 Å². The molecule has 1 N–H and O–H groups in total. The summed E-state index contributed by atoms with van der Waals surface area (Å²) < 4.78 is 24.9. The number of benzene rings is 2. The molecule has 1 amide bonds. The number of carboxylic acid groups (broad SMARTS) is 1. The molecule has 0 aliphatic heterocycles. The van der Waals surface area contributed by atoms with Gasteiger partial charge < -0.3 is 23.9 Å². The molecule has 0 fully saturated rings. The van der Waals surface area contributed by atoms with Gasteiger partial charge in [-0.2, -0.15) is 0 Å². The van der Waals surface area contributed by atoms with Gasteiger partial charge in [-0.25, -0.2) is 0 Å². The third-order valence-corrected chi connectivity index (χ3v) is 4.46. The number of rotatable bonds is 11. The fraction of sp³-hybridized carbons (Fsp3) is 0.250. The molecule has 31 heavy (non-hydrogen) atoms. The fourth-order valence-electron chi connectivity index (χ4n) is 2.88. The smallest absolute Gasteiger partial charge is 0.305 e. The molecule has 0 radical (unpaired) electrons. The number of ether oxygens (including phenoxy) is 2. The minimum Gasteiger partial charge on any atom is -0.491 e. The number of furan rings is 1. The van der Waals surface area contributed by atoms with E-state index in [1.165, 1.54) is 4.90 Å². The minimum absolute atomic E-state index is 0.0687. The van der Waals surface area contributed by atoms with Crippen molar-refractivity contribution in [3.63, 3.8) is 0 Å². The highest BCUT2D eigenvalue weighted by molar-refractivity contribution is 5.94. The lowest BCUT2D eigenvalue weighted by molar-refractivity contribution is -0.138. The van der Waals surface area contributed by atoms with Gasteiger partial charge in [0.05, 0.1) is 27.3 Å². The molecule has 7 heteroatoms. The number of hydrogen-bond donors (Lipinski definition) is 1. The van der Waals surface area contributed by atoms with Crippen LogP contribution < -0.4 is 4.74 Å². The van der Waals surface area contributed by atoms with Crippen molar-refractivity contribution in [2.24, 2.45) is 0 Å². The second kappa shape index (κ2) is 11.0. The molecule has 0 bridgehead atoms. The first-order chi connectivity index (χ1) is 15.5. The molecule has 1 unspecified atom stereocenters. The van der Waals surface area contributed by atoms with Crippen LogP contribution in [0.4, 0.5) is 0 Å². The summed E-state index contributed by atoms with van der Waals surface area (Å²) in [6.45, 7) is -0.440. The van der Waals surface area contributed by atoms with E-state index in [1.54, 1.807) is 67.9 Å². The Morgan fingerprint density at radius 1 is 1.03 bits per heavy atom. The van der Waals surface area contributed by atoms with E-state index >= 15 is 0 Å². The predicted octanol–water partition coefficient (Wildman–Crippen LogP) is 4.09. The highest BCUT2D eigenvalue weighted by atomic mass is 16.5. The van der Waals surface area contributed by atoms with Crippen LogP contribution in [0.2, 0.25) is 0 Å². The Kier molecular flexibility index (Phi) is 7.33. The summed E-state index contributed by atoms with van der Waals surface area (Å²) in [7, 11) is 1.58. The monoisotopic (exact) mass is 424 g/mol. The molecule has 0 spiro atoms. The molecule has 162 valence electrons. The molecule has 1 aromatic heterocycles. The van der Waals surface area contributed by atoms with Crippen LogP contribution in [-0.4, -0.2) is 48.8 Å². The molecule has 7 nitrogen and oxygen atoms in total. The van der Waals surface area contributed by atoms with Crippen molar-refractivity contribution in [3.05, 3.63) is 78.1 Å². The van der Waals surface area contributed by atoms with Crippen molar-refractivity contribution in [1.82, 2.24) is 4.90 Å². The summed E-state index contributed by atoms with van der Waals surface area (Å²) in [4.78, 5) is 24.8. The summed E-state index contributed by atoms with van der Waals surface area (Å²) in [6.07, 6.45) is 1.52. The van der Waals surface area contributed by atoms with Gasteiger partial charge in [-0.1, -0.05) is 30.3 Å². The van der Waals surface area contributed by atoms with E-state index in [0.29, 0.717) is 22.6 Å². The van der Waals surface area contributed by atoms with E-state index in [9.17, 15) is 9.59 Å². The highest BCUT2D eigenvalue weighted by Crippen LogP contribution is 2.22. The number of amides is 1. The van der Waals surface area contributed by atoms with E-state index in [1.807, 2.05) is 6.07 Å². The lowest BCUT2D eigenvalue weighted by Gasteiger charge is -2.19. The first kappa shape index (κ1) is 20.7. The zero-order valence-electron chi connectivity index (χ0n) is 18.2. The van der Waals surface area contributed by atoms with Crippen LogP contribution in [0.5, 0.6) is 5.75 Å². The molecule has 0 saturated heterocycles. The molecule has 1 heterocycles. The van der Waals surface area contributed by atoms with Crippen molar-refractivity contribution in [1.29, 1.82) is 0 Å². The van der Waals surface area contributed by atoms with Crippen molar-refractivity contribution >= 4 is 11.9 Å². The molecule has 1 atom stereocenters. The molecule has 0 aliphatic carbocycles. The Morgan fingerprint density at radius 2 is 1.81 bits per heavy atom. The standard InChI is InChI=1S/C24H25NO6/c1-25(24(28)19-10-8-18(9-11-19)21-7-4-13-30-21)17-20-5-2-3-6-22(20)31-16-15-29-14-12-23(26)27/h2-11,13H,12,14-17H2,1H3,(H,26,27)/i17D. The summed E-state index contributed by atoms with van der Waals surface area (Å²) in [6, 6.07) is 17.7. The van der Waals surface area contributed by atoms with Gasteiger partial charge in [0, 0.05) is 30.3 Å². The molecule has 3 aromatic rings. The zero-order chi connectivity index (χ0) is 22.9. The van der Waals surface area contributed by atoms with E-state index < -0.39 is 12.5 Å². The summed E-state index contributed by atoms with van der Waals surface area (Å²) in [5, 5.41) is 8.61. The molecule has 0 aliphatic rings. The van der Waals surface area contributed by atoms with Gasteiger partial charge in [0.2, 0.25) is 0 Å². The van der Waals surface area contributed by atoms with Gasteiger partial charge in [0.15, 0.2) is 0 Å². The Morgan fingerprint density at radius 3 is 2.52 bits per heavy atom. The Hall–Kier alpha value is -3.58. The maximum Gasteiger partial charge on any atom is 0.305 e. The maximum atomic E-state index is 12.9. The normalized spacial score (nSPS) is 12.1. The van der Waals surface area contributed by atoms with Crippen LogP contribution in [0.3, 0.4) is 0 Å². The summed E-state index contributed by atoms with van der Waals surface area (Å²) in [5.41, 5.74) is 1.87. The third kappa shape index (κ3) is 6.45. The SMILES string of the molecule is [2H]C(c1ccccc1OCCOCCC(=O)O)N(C)C(=O)c1ccc(-c2ccco2)cc1. The number of nitrogens with zero attached hydrogens (tertiary/aromatic N) is 1. The third-order valence-electron chi connectivity index (χ3n) is 4.46. The van der Waals surface area contributed by atoms with Crippen LogP contribution in [-0.2, 0) is 16.1 Å². The fourth-order valence-corrected chi connectivity index (χ4v) is 2.88. The molecule has 3 rings (SSSR count). The predicted molar refractivity (Wildman–Crippen MR) is 115 cm³/mol. The van der Waals surface area contributed by atoms with Gasteiger partial charge >= 0.3 is 5.97 Å². The van der Waals surface area contributed by atoms with Gasteiger partial charge in [0.25, 0.3) is 5.91 Å². The number of carbonyl (C=O) groups excluding carboxylic acids is 1. The minimum atomic E-state index is -0.976. The van der Waals surface area contributed by atoms with Crippen molar-refractivity contribution < 1.29 is 30.0 Å². The summed E-state index contributed by atoms with van der Waals surface area (Å²) in [5.74, 6) is -0.0182. The number of carbonyl (C=O) groups is 2. The van der Waals surface area contributed by atoms with E-state index in [2.05, 4.69) is 0 Å². The molecule has 0 saturated carbocycles. The van der Waals surface area contributed by atoms with Gasteiger partial charge in [0.1, 0.15) is 18.1 Å². The quantitative estimate of drug-likeness (QED) is 0.467. The van der Waals surface area contributed by atoms with Crippen LogP contribution in [0.15, 0.2) is 71.3 Å². The van der Waals surface area contributed by atoms with E-state index in [0.717, 1.165) is 5.56 Å². The number of aliphatic carboxylic acids is 1. The van der Waals surface area contributed by atoms with Gasteiger partial charge in [-0.3, -0.25) is 9.59 Å². The van der Waals surface area contributed by atoms with E-state index in [-0.39, 0.29) is 32.1 Å². The zero-order valence-corrected chi connectivity index (χ0v) is 17.2. The Labute approximate surface area is 182 Å². The number of hydrogen-bond acceptors (Lipinski definition) is 5. The van der Waals surface area contributed by atoms with Crippen LogP contribution >= 0.6 is 0 Å². The maximum absolute atomic E-state index is 12.9. The Balaban J connectivity index is 1.61. The number of para-hydroxylation sites is 1. The van der Waals surface area contributed by atoms with Crippen LogP contribution in [0.1, 0.15) is 23.7 Å². The average Bonchev–Trinajstić information content (AvgIpc) is 3.35. The second-order valence-electron chi connectivity index (χ2n) is 6.74. The molecular weight excluding hydrogens is 398 g/mol. The van der Waals surface area contributed by atoms with Crippen molar-refractivity contribution in [2.45, 2.75) is 12.9 Å². The topological polar surface area (TPSA) is 89.2 Å². The lowest BCUT2D eigenvalue weighted by atomic mass is 10.1. The molecular formula is C24H25NO6. The molecule has 2 aromatic carbocycles. The second-order valence-corrected chi connectivity index (χ2v) is 6.74. The first-order valence-corrected chi connectivity index (χ1v) is 9.82. The van der Waals surface area contributed by atoms with E-state index in [4.69, 9.17) is 20.4 Å². The largest absolute Gasteiger partial charge is 0.491 e. The van der Waals surface area contributed by atoms with Crippen molar-refractivity contribution in [3.8, 4) is 17.1 Å². The van der Waals surface area contributed by atoms with Crippen LogP contribution in [0.25, 0.3) is 11.3 Å². The Bertz CT molecular complexity index is 1020. The summed E-state index contributed by atoms with van der Waals surface area (Å²) >= 11 is 0. The number of carboxylic acids is 1. The lowest BCUT2D eigenvalue weighted by Crippen LogP contribution is -2.26. The van der Waals surface area contributed by atoms with Gasteiger partial charge in [-0.05, 0) is 30.3 Å². The highest BCUT2D eigenvalue weighted by Gasteiger charge is 2.15. The van der Waals surface area contributed by atoms with Gasteiger partial charge in [-0.15, -0.1) is 0 Å². The van der Waals surface area contributed by atoms with Crippen molar-refractivity contribution in [2.75, 3.05) is 26.9 Å². The first-order valence-electron chi connectivity index (χ1n) is 10.4. The average molecular weight is 424 g/mol.